The van der Waals surface area contributed by atoms with E-state index >= 15 is 0 Å². The summed E-state index contributed by atoms with van der Waals surface area (Å²) in [6, 6.07) is 5.59. The lowest BCUT2D eigenvalue weighted by atomic mass is 9.99. The van der Waals surface area contributed by atoms with Crippen LogP contribution >= 0.6 is 0 Å². The molecular formula is C23H24F2N4O4. The molecule has 0 fully saturated rings. The van der Waals surface area contributed by atoms with Gasteiger partial charge in [0.15, 0.2) is 23.7 Å². The molecule has 10 heteroatoms. The van der Waals surface area contributed by atoms with Gasteiger partial charge in [-0.3, -0.25) is 9.69 Å². The molecule has 1 aliphatic heterocycles. The second-order valence-electron chi connectivity index (χ2n) is 7.92. The van der Waals surface area contributed by atoms with Gasteiger partial charge in [0.1, 0.15) is 6.61 Å². The van der Waals surface area contributed by atoms with Gasteiger partial charge in [0.25, 0.3) is 5.91 Å². The van der Waals surface area contributed by atoms with E-state index in [2.05, 4.69) is 15.3 Å². The summed E-state index contributed by atoms with van der Waals surface area (Å²) >= 11 is 0. The molecule has 1 unspecified atom stereocenters. The largest absolute Gasteiger partial charge is 0.482 e. The van der Waals surface area contributed by atoms with E-state index in [1.807, 2.05) is 4.90 Å². The highest BCUT2D eigenvalue weighted by molar-refractivity contribution is 5.94. The Kier molecular flexibility index (Phi) is 6.95. The van der Waals surface area contributed by atoms with Gasteiger partial charge < -0.3 is 19.6 Å². The summed E-state index contributed by atoms with van der Waals surface area (Å²) in [5.41, 5.74) is 2.64. The van der Waals surface area contributed by atoms with E-state index < -0.39 is 23.8 Å². The number of β-amino-alcohol motifs (C(OH)–C–C–N with tert-alkyl or cyclic N) is 1. The van der Waals surface area contributed by atoms with Crippen LogP contribution in [0, 0.1) is 18.7 Å². The number of pyridine rings is 1. The van der Waals surface area contributed by atoms with Gasteiger partial charge in [-0.05, 0) is 42.7 Å². The molecule has 1 aromatic carbocycles. The number of aromatic nitrogens is 2. The van der Waals surface area contributed by atoms with Crippen LogP contribution in [0.5, 0.6) is 5.75 Å². The van der Waals surface area contributed by atoms with Crippen molar-refractivity contribution >= 4 is 5.91 Å². The van der Waals surface area contributed by atoms with Gasteiger partial charge in [-0.15, -0.1) is 0 Å². The number of oxazole rings is 1. The summed E-state index contributed by atoms with van der Waals surface area (Å²) in [5, 5.41) is 12.9. The normalized spacial score (nSPS) is 14.5. The van der Waals surface area contributed by atoms with E-state index in [0.29, 0.717) is 37.5 Å². The topological polar surface area (TPSA) is 101 Å². The van der Waals surface area contributed by atoms with E-state index in [1.165, 1.54) is 24.7 Å². The van der Waals surface area contributed by atoms with E-state index in [-0.39, 0.29) is 24.5 Å². The fraction of sp³-hybridized carbons (Fsp3) is 0.348. The van der Waals surface area contributed by atoms with Crippen LogP contribution in [0.1, 0.15) is 32.9 Å². The number of nitrogens with one attached hydrogen (secondary N) is 1. The summed E-state index contributed by atoms with van der Waals surface area (Å²) in [6.45, 7) is 3.33. The molecule has 0 spiro atoms. The number of hydrogen-bond donors (Lipinski definition) is 2. The zero-order valence-electron chi connectivity index (χ0n) is 18.1. The van der Waals surface area contributed by atoms with Crippen molar-refractivity contribution in [2.75, 3.05) is 19.6 Å². The van der Waals surface area contributed by atoms with Crippen molar-refractivity contribution < 1.29 is 27.8 Å². The van der Waals surface area contributed by atoms with Crippen molar-refractivity contribution in [3.63, 3.8) is 0 Å². The Morgan fingerprint density at radius 3 is 2.91 bits per heavy atom. The fourth-order valence-electron chi connectivity index (χ4n) is 3.71. The zero-order valence-corrected chi connectivity index (χ0v) is 18.1. The summed E-state index contributed by atoms with van der Waals surface area (Å²) in [6.07, 6.45) is 2.36. The average Bonchev–Trinajstić information content (AvgIpc) is 3.20. The van der Waals surface area contributed by atoms with Crippen LogP contribution in [-0.2, 0) is 19.6 Å². The predicted molar refractivity (Wildman–Crippen MR) is 113 cm³/mol. The number of aryl methyl sites for hydroxylation is 1. The van der Waals surface area contributed by atoms with E-state index in [4.69, 9.17) is 9.15 Å². The van der Waals surface area contributed by atoms with Crippen LogP contribution in [0.4, 0.5) is 8.78 Å². The standard InChI is InChI=1S/C23H24F2N4O4/c1-14-21(33-13-28-14)12-32-20-7-15-3-5-29(10-17(15)6-19(20)24)11-18(30)9-27-23(31)16-2-4-26-22(25)8-16/h2,4,6-8,13,18,30H,3,5,9-12H2,1H3,(H,27,31). The quantitative estimate of drug-likeness (QED) is 0.500. The molecule has 0 bridgehead atoms. The molecule has 2 aromatic heterocycles. The molecule has 0 saturated heterocycles. The number of fused-ring (bicyclic) bond motifs is 1. The molecule has 3 aromatic rings. The number of benzene rings is 1. The molecule has 0 saturated carbocycles. The molecule has 0 aliphatic carbocycles. The highest BCUT2D eigenvalue weighted by Gasteiger charge is 2.22. The monoisotopic (exact) mass is 458 g/mol. The smallest absolute Gasteiger partial charge is 0.251 e. The minimum absolute atomic E-state index is 0.00826. The molecule has 3 heterocycles. The number of carbonyl (C=O) groups excluding carboxylic acids is 1. The van der Waals surface area contributed by atoms with Crippen molar-refractivity contribution in [3.05, 3.63) is 76.8 Å². The van der Waals surface area contributed by atoms with Crippen LogP contribution < -0.4 is 10.1 Å². The van der Waals surface area contributed by atoms with Crippen LogP contribution in [0.25, 0.3) is 0 Å². The fourth-order valence-corrected chi connectivity index (χ4v) is 3.71. The van der Waals surface area contributed by atoms with Gasteiger partial charge in [0.05, 0.1) is 11.8 Å². The van der Waals surface area contributed by atoms with Gasteiger partial charge in [-0.2, -0.15) is 4.39 Å². The van der Waals surface area contributed by atoms with Gasteiger partial charge in [-0.1, -0.05) is 0 Å². The number of aliphatic hydroxyl groups excluding tert-OH is 1. The van der Waals surface area contributed by atoms with Crippen molar-refractivity contribution in [2.45, 2.75) is 32.6 Å². The van der Waals surface area contributed by atoms with E-state index in [0.717, 1.165) is 17.2 Å². The zero-order chi connectivity index (χ0) is 23.4. The number of aliphatic hydroxyl groups is 1. The van der Waals surface area contributed by atoms with Crippen LogP contribution in [0.3, 0.4) is 0 Å². The van der Waals surface area contributed by atoms with Gasteiger partial charge in [-0.25, -0.2) is 14.4 Å². The lowest BCUT2D eigenvalue weighted by molar-refractivity contribution is 0.0841. The second kappa shape index (κ2) is 10.1. The van der Waals surface area contributed by atoms with Crippen LogP contribution in [-0.4, -0.2) is 51.6 Å². The molecule has 1 amide bonds. The first kappa shape index (κ1) is 22.8. The van der Waals surface area contributed by atoms with Gasteiger partial charge >= 0.3 is 0 Å². The number of ether oxygens (including phenoxy) is 1. The van der Waals surface area contributed by atoms with Crippen molar-refractivity contribution in [3.8, 4) is 5.75 Å². The third-order valence-electron chi connectivity index (χ3n) is 5.51. The lowest BCUT2D eigenvalue weighted by Gasteiger charge is -2.30. The third-order valence-corrected chi connectivity index (χ3v) is 5.51. The number of halogens is 2. The molecule has 4 rings (SSSR count). The Morgan fingerprint density at radius 1 is 1.30 bits per heavy atom. The lowest BCUT2D eigenvalue weighted by Crippen LogP contribution is -2.42. The maximum absolute atomic E-state index is 14.6. The number of hydrogen-bond acceptors (Lipinski definition) is 7. The number of nitrogens with zero attached hydrogens (tertiary/aromatic N) is 3. The number of rotatable bonds is 8. The Morgan fingerprint density at radius 2 is 2.15 bits per heavy atom. The summed E-state index contributed by atoms with van der Waals surface area (Å²) in [5.74, 6) is -0.995. The maximum atomic E-state index is 14.6. The molecular weight excluding hydrogens is 434 g/mol. The minimum atomic E-state index is -0.834. The average molecular weight is 458 g/mol. The number of amides is 1. The molecule has 1 aliphatic rings. The van der Waals surface area contributed by atoms with Gasteiger partial charge in [0.2, 0.25) is 5.95 Å². The summed E-state index contributed by atoms with van der Waals surface area (Å²) < 4.78 is 38.5. The molecule has 1 atom stereocenters. The van der Waals surface area contributed by atoms with Crippen LogP contribution in [0.2, 0.25) is 0 Å². The molecule has 2 N–H and O–H groups in total. The SMILES string of the molecule is Cc1ncoc1COc1cc2c(cc1F)CN(CC(O)CNC(=O)c1ccnc(F)c1)CC2. The van der Waals surface area contributed by atoms with E-state index in [9.17, 15) is 18.7 Å². The van der Waals surface area contributed by atoms with Crippen molar-refractivity contribution in [2.24, 2.45) is 0 Å². The maximum Gasteiger partial charge on any atom is 0.251 e. The first-order valence-electron chi connectivity index (χ1n) is 10.5. The number of carbonyl (C=O) groups is 1. The van der Waals surface area contributed by atoms with Gasteiger partial charge in [0, 0.05) is 44.0 Å². The summed E-state index contributed by atoms with van der Waals surface area (Å²) in [7, 11) is 0. The third kappa shape index (κ3) is 5.71. The first-order chi connectivity index (χ1) is 15.9. The predicted octanol–water partition coefficient (Wildman–Crippen LogP) is 2.38. The summed E-state index contributed by atoms with van der Waals surface area (Å²) in [4.78, 5) is 21.5. The molecule has 174 valence electrons. The second-order valence-corrected chi connectivity index (χ2v) is 7.92. The van der Waals surface area contributed by atoms with Crippen LogP contribution in [0.15, 0.2) is 41.3 Å². The van der Waals surface area contributed by atoms with Crippen molar-refractivity contribution in [1.29, 1.82) is 0 Å². The highest BCUT2D eigenvalue weighted by Crippen LogP contribution is 2.28. The first-order valence-corrected chi connectivity index (χ1v) is 10.5. The van der Waals surface area contributed by atoms with E-state index in [1.54, 1.807) is 13.0 Å². The molecule has 33 heavy (non-hydrogen) atoms. The molecule has 8 nitrogen and oxygen atoms in total. The van der Waals surface area contributed by atoms with Crippen molar-refractivity contribution in [1.82, 2.24) is 20.2 Å². The molecule has 0 radical (unpaired) electrons. The minimum Gasteiger partial charge on any atom is -0.482 e. The Hall–Kier alpha value is -3.37. The highest BCUT2D eigenvalue weighted by atomic mass is 19.1. The Balaban J connectivity index is 1.29. The Labute approximate surface area is 189 Å². The Bertz CT molecular complexity index is 1140.